The third kappa shape index (κ3) is 3.48. The number of halogens is 2. The fraction of sp³-hybridized carbons (Fsp3) is 0. The number of aromatic hydroxyl groups is 1. The molecule has 21 heavy (non-hydrogen) atoms. The van der Waals surface area contributed by atoms with Crippen molar-refractivity contribution in [1.82, 2.24) is 0 Å². The second-order valence-corrected chi connectivity index (χ2v) is 5.28. The average molecular weight is 401 g/mol. The Bertz CT molecular complexity index is 733. The van der Waals surface area contributed by atoms with Crippen LogP contribution in [0, 0.1) is 9.39 Å². The van der Waals surface area contributed by atoms with Crippen molar-refractivity contribution in [3.8, 4) is 5.75 Å². The van der Waals surface area contributed by atoms with Crippen molar-refractivity contribution in [3.05, 3.63) is 56.9 Å². The fourth-order valence-corrected chi connectivity index (χ4v) is 1.94. The Kier molecular flexibility index (Phi) is 4.41. The van der Waals surface area contributed by atoms with Crippen LogP contribution in [0.2, 0.25) is 0 Å². The molecule has 0 saturated heterocycles. The van der Waals surface area contributed by atoms with Gasteiger partial charge in [-0.2, -0.15) is 0 Å². The lowest BCUT2D eigenvalue weighted by Crippen LogP contribution is -2.13. The van der Waals surface area contributed by atoms with E-state index in [-0.39, 0.29) is 22.6 Å². The number of anilines is 1. The van der Waals surface area contributed by atoms with E-state index in [4.69, 9.17) is 5.11 Å². The largest absolute Gasteiger partial charge is 0.507 e. The third-order valence-electron chi connectivity index (χ3n) is 2.67. The number of amides is 1. The van der Waals surface area contributed by atoms with Gasteiger partial charge < -0.3 is 15.5 Å². The van der Waals surface area contributed by atoms with Crippen LogP contribution in [0.25, 0.3) is 0 Å². The van der Waals surface area contributed by atoms with Crippen molar-refractivity contribution in [2.45, 2.75) is 0 Å². The molecule has 0 aliphatic carbocycles. The number of carboxylic acids is 1. The standard InChI is InChI=1S/C14H9FINO4/c15-9-3-1-8(14(20)21)5-11(9)17-13(19)7-2-4-10(16)12(18)6-7/h1-6,18H,(H,17,19)(H,20,21). The van der Waals surface area contributed by atoms with Crippen molar-refractivity contribution in [2.24, 2.45) is 0 Å². The third-order valence-corrected chi connectivity index (χ3v) is 3.58. The van der Waals surface area contributed by atoms with Gasteiger partial charge in [0.2, 0.25) is 0 Å². The smallest absolute Gasteiger partial charge is 0.335 e. The van der Waals surface area contributed by atoms with Gasteiger partial charge in [0.1, 0.15) is 11.6 Å². The molecule has 2 aromatic carbocycles. The van der Waals surface area contributed by atoms with Crippen molar-refractivity contribution in [2.75, 3.05) is 5.32 Å². The van der Waals surface area contributed by atoms with Crippen molar-refractivity contribution in [3.63, 3.8) is 0 Å². The number of rotatable bonds is 3. The van der Waals surface area contributed by atoms with Crippen LogP contribution in [0.15, 0.2) is 36.4 Å². The quantitative estimate of drug-likeness (QED) is 0.691. The Labute approximate surface area is 132 Å². The molecule has 0 aliphatic heterocycles. The fourth-order valence-electron chi connectivity index (χ4n) is 1.60. The molecular formula is C14H9FINO4. The van der Waals surface area contributed by atoms with Gasteiger partial charge in [0.15, 0.2) is 0 Å². The summed E-state index contributed by atoms with van der Waals surface area (Å²) in [5.41, 5.74) is -0.247. The summed E-state index contributed by atoms with van der Waals surface area (Å²) in [7, 11) is 0. The molecule has 0 aliphatic rings. The van der Waals surface area contributed by atoms with Crippen molar-refractivity contribution < 1.29 is 24.2 Å². The van der Waals surface area contributed by atoms with E-state index in [9.17, 15) is 19.1 Å². The second kappa shape index (κ2) is 6.08. The van der Waals surface area contributed by atoms with Crippen molar-refractivity contribution >= 4 is 40.2 Å². The highest BCUT2D eigenvalue weighted by Crippen LogP contribution is 2.22. The van der Waals surface area contributed by atoms with Gasteiger partial charge in [-0.05, 0) is 59.0 Å². The summed E-state index contributed by atoms with van der Waals surface area (Å²) >= 11 is 1.90. The number of hydrogen-bond acceptors (Lipinski definition) is 3. The minimum atomic E-state index is -1.22. The Balaban J connectivity index is 2.28. The van der Waals surface area contributed by atoms with Crippen LogP contribution >= 0.6 is 22.6 Å². The first-order valence-electron chi connectivity index (χ1n) is 5.71. The number of carbonyl (C=O) groups is 2. The molecule has 2 rings (SSSR count). The highest BCUT2D eigenvalue weighted by Gasteiger charge is 2.13. The molecular weight excluding hydrogens is 392 g/mol. The predicted molar refractivity (Wildman–Crippen MR) is 82.1 cm³/mol. The number of carboxylic acid groups (broad SMARTS) is 1. The number of nitrogens with one attached hydrogen (secondary N) is 1. The zero-order valence-electron chi connectivity index (χ0n) is 10.4. The Morgan fingerprint density at radius 1 is 1.10 bits per heavy atom. The first kappa shape index (κ1) is 15.2. The van der Waals surface area contributed by atoms with E-state index in [2.05, 4.69) is 5.32 Å². The number of carbonyl (C=O) groups excluding carboxylic acids is 1. The lowest BCUT2D eigenvalue weighted by Gasteiger charge is -2.08. The van der Waals surface area contributed by atoms with Crippen LogP contribution in [0.1, 0.15) is 20.7 Å². The van der Waals surface area contributed by atoms with Gasteiger partial charge in [0.05, 0.1) is 14.8 Å². The maximum absolute atomic E-state index is 13.6. The van der Waals surface area contributed by atoms with E-state index in [1.807, 2.05) is 22.6 Å². The summed E-state index contributed by atoms with van der Waals surface area (Å²) in [6.07, 6.45) is 0. The summed E-state index contributed by atoms with van der Waals surface area (Å²) < 4.78 is 14.2. The van der Waals surface area contributed by atoms with Gasteiger partial charge in [0, 0.05) is 5.56 Å². The van der Waals surface area contributed by atoms with E-state index in [0.717, 1.165) is 18.2 Å². The lowest BCUT2D eigenvalue weighted by atomic mass is 10.1. The highest BCUT2D eigenvalue weighted by atomic mass is 127. The number of aromatic carboxylic acids is 1. The summed E-state index contributed by atoms with van der Waals surface area (Å²) in [5, 5.41) is 20.7. The molecule has 1 amide bonds. The minimum absolute atomic E-state index is 0.0667. The maximum atomic E-state index is 13.6. The second-order valence-electron chi connectivity index (χ2n) is 4.12. The van der Waals surface area contributed by atoms with Gasteiger partial charge in [-0.3, -0.25) is 4.79 Å². The first-order valence-corrected chi connectivity index (χ1v) is 6.79. The van der Waals surface area contributed by atoms with Crippen LogP contribution < -0.4 is 5.32 Å². The summed E-state index contributed by atoms with van der Waals surface area (Å²) in [6.45, 7) is 0. The molecule has 2 aromatic rings. The van der Waals surface area contributed by atoms with Crippen LogP contribution in [0.3, 0.4) is 0 Å². The molecule has 3 N–H and O–H groups in total. The van der Waals surface area contributed by atoms with Crippen LogP contribution in [0.4, 0.5) is 10.1 Å². The SMILES string of the molecule is O=C(O)c1ccc(F)c(NC(=O)c2ccc(I)c(O)c2)c1. The molecule has 0 saturated carbocycles. The summed E-state index contributed by atoms with van der Waals surface area (Å²) in [4.78, 5) is 22.8. The Morgan fingerprint density at radius 3 is 2.38 bits per heavy atom. The molecule has 5 nitrogen and oxygen atoms in total. The van der Waals surface area contributed by atoms with Gasteiger partial charge >= 0.3 is 5.97 Å². The number of phenols is 1. The molecule has 108 valence electrons. The molecule has 0 fully saturated rings. The number of benzene rings is 2. The maximum Gasteiger partial charge on any atom is 0.335 e. The van der Waals surface area contributed by atoms with Gasteiger partial charge in [-0.1, -0.05) is 0 Å². The van der Waals surface area contributed by atoms with Crippen LogP contribution in [-0.4, -0.2) is 22.1 Å². The van der Waals surface area contributed by atoms with E-state index in [0.29, 0.717) is 3.57 Å². The molecule has 0 aromatic heterocycles. The zero-order valence-corrected chi connectivity index (χ0v) is 12.6. The van der Waals surface area contributed by atoms with Gasteiger partial charge in [0.25, 0.3) is 5.91 Å². The molecule has 0 bridgehead atoms. The van der Waals surface area contributed by atoms with Crippen molar-refractivity contribution in [1.29, 1.82) is 0 Å². The summed E-state index contributed by atoms with van der Waals surface area (Å²) in [6, 6.07) is 7.34. The summed E-state index contributed by atoms with van der Waals surface area (Å²) in [5.74, 6) is -2.69. The zero-order chi connectivity index (χ0) is 15.6. The Hall–Kier alpha value is -2.16. The topological polar surface area (TPSA) is 86.6 Å². The van der Waals surface area contributed by atoms with E-state index >= 15 is 0 Å². The van der Waals surface area contributed by atoms with E-state index in [1.54, 1.807) is 0 Å². The molecule has 0 unspecified atom stereocenters. The van der Waals surface area contributed by atoms with E-state index < -0.39 is 17.7 Å². The Morgan fingerprint density at radius 2 is 1.76 bits per heavy atom. The lowest BCUT2D eigenvalue weighted by molar-refractivity contribution is 0.0696. The van der Waals surface area contributed by atoms with Gasteiger partial charge in [-0.25, -0.2) is 9.18 Å². The van der Waals surface area contributed by atoms with Gasteiger partial charge in [-0.15, -0.1) is 0 Å². The average Bonchev–Trinajstić information content (AvgIpc) is 2.43. The molecule has 0 atom stereocenters. The molecule has 0 heterocycles. The highest BCUT2D eigenvalue weighted by molar-refractivity contribution is 14.1. The predicted octanol–water partition coefficient (Wildman–Crippen LogP) is 3.09. The molecule has 0 radical (unpaired) electrons. The molecule has 7 heteroatoms. The van der Waals surface area contributed by atoms with Crippen LogP contribution in [-0.2, 0) is 0 Å². The normalized spacial score (nSPS) is 10.2. The first-order chi connectivity index (χ1) is 9.88. The number of phenolic OH excluding ortho intramolecular Hbond substituents is 1. The number of hydrogen-bond donors (Lipinski definition) is 3. The monoisotopic (exact) mass is 401 g/mol. The minimum Gasteiger partial charge on any atom is -0.507 e. The van der Waals surface area contributed by atoms with Crippen LogP contribution in [0.5, 0.6) is 5.75 Å². The van der Waals surface area contributed by atoms with E-state index in [1.165, 1.54) is 18.2 Å². The molecule has 0 spiro atoms.